The number of pyridine rings is 1. The second-order valence-corrected chi connectivity index (χ2v) is 4.21. The molecule has 0 spiro atoms. The van der Waals surface area contributed by atoms with E-state index in [0.717, 1.165) is 24.3 Å². The Kier molecular flexibility index (Phi) is 3.08. The third-order valence-electron chi connectivity index (χ3n) is 3.20. The largest absolute Gasteiger partial charge is 0.384 e. The molecule has 2 heterocycles. The van der Waals surface area contributed by atoms with Crippen LogP contribution in [0.4, 0.5) is 5.82 Å². The van der Waals surface area contributed by atoms with Gasteiger partial charge in [0.15, 0.2) is 0 Å². The number of anilines is 1. The van der Waals surface area contributed by atoms with Crippen LogP contribution in [0, 0.1) is 5.41 Å². The number of hydrogen-bond acceptors (Lipinski definition) is 3. The Hall–Kier alpha value is -1.58. The Labute approximate surface area is 96.0 Å². The molecule has 16 heavy (non-hydrogen) atoms. The third kappa shape index (κ3) is 2.01. The van der Waals surface area contributed by atoms with E-state index in [4.69, 9.17) is 11.1 Å². The van der Waals surface area contributed by atoms with Crippen molar-refractivity contribution in [2.45, 2.75) is 32.2 Å². The van der Waals surface area contributed by atoms with E-state index in [2.05, 4.69) is 16.8 Å². The first-order chi connectivity index (χ1) is 7.72. The number of nitrogens with two attached hydrogens (primary N) is 1. The first-order valence-corrected chi connectivity index (χ1v) is 5.79. The maximum atomic E-state index is 7.43. The lowest BCUT2D eigenvalue weighted by Gasteiger charge is -2.24. The standard InChI is InChI=1S/C12H18N4/c1-2-10-4-3-7-16(10)11-8-9(12(13)14)5-6-15-11/h5-6,8,10H,2-4,7H2,1H3,(H3,13,14). The van der Waals surface area contributed by atoms with E-state index in [1.807, 2.05) is 6.07 Å². The number of nitrogens with one attached hydrogen (secondary N) is 1. The van der Waals surface area contributed by atoms with Crippen molar-refractivity contribution in [1.29, 1.82) is 5.41 Å². The monoisotopic (exact) mass is 218 g/mol. The quantitative estimate of drug-likeness (QED) is 0.600. The topological polar surface area (TPSA) is 66.0 Å². The number of hydrogen-bond donors (Lipinski definition) is 2. The van der Waals surface area contributed by atoms with Crippen LogP contribution >= 0.6 is 0 Å². The number of nitrogens with zero attached hydrogens (tertiary/aromatic N) is 2. The summed E-state index contributed by atoms with van der Waals surface area (Å²) in [5.74, 6) is 1.06. The molecule has 4 heteroatoms. The second kappa shape index (κ2) is 4.51. The highest BCUT2D eigenvalue weighted by molar-refractivity contribution is 5.95. The van der Waals surface area contributed by atoms with Crippen LogP contribution < -0.4 is 10.6 Å². The Morgan fingerprint density at radius 3 is 3.19 bits per heavy atom. The van der Waals surface area contributed by atoms with Gasteiger partial charge in [-0.15, -0.1) is 0 Å². The fourth-order valence-corrected chi connectivity index (χ4v) is 2.30. The summed E-state index contributed by atoms with van der Waals surface area (Å²) in [5.41, 5.74) is 6.24. The molecular weight excluding hydrogens is 200 g/mol. The van der Waals surface area contributed by atoms with Gasteiger partial charge in [-0.1, -0.05) is 6.92 Å². The zero-order valence-corrected chi connectivity index (χ0v) is 9.61. The summed E-state index contributed by atoms with van der Waals surface area (Å²) in [6, 6.07) is 4.29. The molecular formula is C12H18N4. The first kappa shape index (κ1) is 10.9. The van der Waals surface area contributed by atoms with Crippen LogP contribution in [0.3, 0.4) is 0 Å². The van der Waals surface area contributed by atoms with Crippen molar-refractivity contribution < 1.29 is 0 Å². The molecule has 0 amide bonds. The maximum absolute atomic E-state index is 7.43. The molecule has 1 fully saturated rings. The van der Waals surface area contributed by atoms with Crippen LogP contribution in [0.15, 0.2) is 18.3 Å². The minimum absolute atomic E-state index is 0.107. The molecule has 1 aromatic rings. The van der Waals surface area contributed by atoms with Crippen molar-refractivity contribution in [3.63, 3.8) is 0 Å². The van der Waals surface area contributed by atoms with E-state index < -0.39 is 0 Å². The summed E-state index contributed by atoms with van der Waals surface area (Å²) in [6.07, 6.45) is 5.34. The molecule has 2 rings (SSSR count). The first-order valence-electron chi connectivity index (χ1n) is 5.79. The molecule has 0 aromatic carbocycles. The Balaban J connectivity index is 2.26. The van der Waals surface area contributed by atoms with Gasteiger partial charge in [0, 0.05) is 24.3 Å². The van der Waals surface area contributed by atoms with Gasteiger partial charge in [-0.25, -0.2) is 4.98 Å². The molecule has 1 atom stereocenters. The Morgan fingerprint density at radius 1 is 1.69 bits per heavy atom. The zero-order chi connectivity index (χ0) is 11.5. The highest BCUT2D eigenvalue weighted by Crippen LogP contribution is 2.25. The average Bonchev–Trinajstić information content (AvgIpc) is 2.77. The summed E-state index contributed by atoms with van der Waals surface area (Å²) < 4.78 is 0. The number of aromatic nitrogens is 1. The molecule has 0 saturated carbocycles. The van der Waals surface area contributed by atoms with Crippen LogP contribution in [0.5, 0.6) is 0 Å². The smallest absolute Gasteiger partial charge is 0.129 e. The van der Waals surface area contributed by atoms with E-state index in [1.165, 1.54) is 12.8 Å². The molecule has 0 radical (unpaired) electrons. The average molecular weight is 218 g/mol. The summed E-state index contributed by atoms with van der Waals surface area (Å²) >= 11 is 0. The van der Waals surface area contributed by atoms with Crippen molar-refractivity contribution in [2.75, 3.05) is 11.4 Å². The predicted molar refractivity (Wildman–Crippen MR) is 65.9 cm³/mol. The van der Waals surface area contributed by atoms with Gasteiger partial charge in [-0.2, -0.15) is 0 Å². The lowest BCUT2D eigenvalue weighted by molar-refractivity contribution is 0.640. The molecule has 0 bridgehead atoms. The summed E-state index contributed by atoms with van der Waals surface area (Å²) in [5, 5.41) is 7.43. The molecule has 3 N–H and O–H groups in total. The molecule has 1 aliphatic rings. The number of nitrogen functional groups attached to an aromatic ring is 1. The molecule has 1 aliphatic heterocycles. The lowest BCUT2D eigenvalue weighted by atomic mass is 10.1. The molecule has 1 unspecified atom stereocenters. The summed E-state index contributed by atoms with van der Waals surface area (Å²) in [6.45, 7) is 3.27. The summed E-state index contributed by atoms with van der Waals surface area (Å²) in [4.78, 5) is 6.70. The molecule has 0 aliphatic carbocycles. The minimum atomic E-state index is 0.107. The van der Waals surface area contributed by atoms with Gasteiger partial charge in [-0.3, -0.25) is 5.41 Å². The van der Waals surface area contributed by atoms with E-state index >= 15 is 0 Å². The maximum Gasteiger partial charge on any atom is 0.129 e. The van der Waals surface area contributed by atoms with Gasteiger partial charge < -0.3 is 10.6 Å². The van der Waals surface area contributed by atoms with Gasteiger partial charge >= 0.3 is 0 Å². The van der Waals surface area contributed by atoms with Gasteiger partial charge in [0.1, 0.15) is 11.7 Å². The zero-order valence-electron chi connectivity index (χ0n) is 9.61. The summed E-state index contributed by atoms with van der Waals surface area (Å²) in [7, 11) is 0. The lowest BCUT2D eigenvalue weighted by Crippen LogP contribution is -2.29. The van der Waals surface area contributed by atoms with Crippen LogP contribution in [-0.2, 0) is 0 Å². The van der Waals surface area contributed by atoms with Crippen LogP contribution in [0.2, 0.25) is 0 Å². The second-order valence-electron chi connectivity index (χ2n) is 4.21. The van der Waals surface area contributed by atoms with Gasteiger partial charge in [0.25, 0.3) is 0 Å². The van der Waals surface area contributed by atoms with E-state index in [1.54, 1.807) is 12.3 Å². The fourth-order valence-electron chi connectivity index (χ4n) is 2.30. The minimum Gasteiger partial charge on any atom is -0.384 e. The third-order valence-corrected chi connectivity index (χ3v) is 3.20. The van der Waals surface area contributed by atoms with Crippen molar-refractivity contribution in [2.24, 2.45) is 5.73 Å². The predicted octanol–water partition coefficient (Wildman–Crippen LogP) is 1.74. The highest BCUT2D eigenvalue weighted by Gasteiger charge is 2.23. The van der Waals surface area contributed by atoms with Gasteiger partial charge in [-0.05, 0) is 31.4 Å². The van der Waals surface area contributed by atoms with Crippen LogP contribution in [0.25, 0.3) is 0 Å². The SMILES string of the molecule is CCC1CCCN1c1cc(C(=N)N)ccn1. The van der Waals surface area contributed by atoms with E-state index in [9.17, 15) is 0 Å². The van der Waals surface area contributed by atoms with E-state index in [-0.39, 0.29) is 5.84 Å². The Bertz CT molecular complexity index is 388. The molecule has 1 aromatic heterocycles. The molecule has 4 nitrogen and oxygen atoms in total. The number of amidine groups is 1. The number of rotatable bonds is 3. The van der Waals surface area contributed by atoms with Crippen molar-refractivity contribution in [1.82, 2.24) is 4.98 Å². The van der Waals surface area contributed by atoms with E-state index in [0.29, 0.717) is 6.04 Å². The highest BCUT2D eigenvalue weighted by atomic mass is 15.2. The van der Waals surface area contributed by atoms with Gasteiger partial charge in [0.2, 0.25) is 0 Å². The van der Waals surface area contributed by atoms with Crippen LogP contribution in [-0.4, -0.2) is 23.4 Å². The fraction of sp³-hybridized carbons (Fsp3) is 0.500. The molecule has 1 saturated heterocycles. The van der Waals surface area contributed by atoms with Crippen molar-refractivity contribution >= 4 is 11.7 Å². The van der Waals surface area contributed by atoms with Crippen molar-refractivity contribution in [3.05, 3.63) is 23.9 Å². The van der Waals surface area contributed by atoms with Crippen molar-refractivity contribution in [3.8, 4) is 0 Å². The Morgan fingerprint density at radius 2 is 2.50 bits per heavy atom. The van der Waals surface area contributed by atoms with Crippen LogP contribution in [0.1, 0.15) is 31.7 Å². The molecule has 86 valence electrons. The van der Waals surface area contributed by atoms with Gasteiger partial charge in [0.05, 0.1) is 0 Å². The normalized spacial score (nSPS) is 20.1.